The fourth-order valence-electron chi connectivity index (χ4n) is 3.61. The number of likely N-dealkylation sites (tertiary alicyclic amines) is 1. The number of anilines is 2. The molecular formula is C27H34N6O3. The molecule has 0 saturated carbocycles. The maximum absolute atomic E-state index is 12.8. The van der Waals surface area contributed by atoms with Gasteiger partial charge in [0.2, 0.25) is 11.8 Å². The third-order valence-corrected chi connectivity index (χ3v) is 5.39. The Bertz CT molecular complexity index is 1120. The van der Waals surface area contributed by atoms with Crippen LogP contribution in [0.1, 0.15) is 43.1 Å². The van der Waals surface area contributed by atoms with Gasteiger partial charge >= 0.3 is 0 Å². The highest BCUT2D eigenvalue weighted by Crippen LogP contribution is 2.25. The Morgan fingerprint density at radius 1 is 1.22 bits per heavy atom. The zero-order valence-electron chi connectivity index (χ0n) is 21.2. The van der Waals surface area contributed by atoms with Gasteiger partial charge < -0.3 is 26.3 Å². The molecule has 0 aromatic heterocycles. The van der Waals surface area contributed by atoms with Crippen molar-refractivity contribution in [1.82, 2.24) is 9.80 Å². The number of nitrogens with two attached hydrogens (primary N) is 1. The quantitative estimate of drug-likeness (QED) is 0.420. The zero-order valence-corrected chi connectivity index (χ0v) is 21.2. The van der Waals surface area contributed by atoms with Gasteiger partial charge in [-0.2, -0.15) is 5.26 Å². The predicted octanol–water partition coefficient (Wildman–Crippen LogP) is 3.38. The van der Waals surface area contributed by atoms with Crippen molar-refractivity contribution in [3.8, 4) is 6.07 Å². The fourth-order valence-corrected chi connectivity index (χ4v) is 3.61. The van der Waals surface area contributed by atoms with Gasteiger partial charge in [-0.25, -0.2) is 0 Å². The van der Waals surface area contributed by atoms with Gasteiger partial charge in [0.1, 0.15) is 6.04 Å². The molecule has 1 saturated heterocycles. The highest BCUT2D eigenvalue weighted by atomic mass is 16.2. The Kier molecular flexibility index (Phi) is 10.2. The molecule has 0 aliphatic carbocycles. The van der Waals surface area contributed by atoms with Gasteiger partial charge in [-0.15, -0.1) is 0 Å². The van der Waals surface area contributed by atoms with E-state index in [2.05, 4.69) is 32.2 Å². The molecule has 1 fully saturated rings. The van der Waals surface area contributed by atoms with Gasteiger partial charge in [-0.3, -0.25) is 14.4 Å². The first kappa shape index (κ1) is 28.1. The molecule has 36 heavy (non-hydrogen) atoms. The third kappa shape index (κ3) is 7.67. The van der Waals surface area contributed by atoms with E-state index in [4.69, 9.17) is 11.1 Å². The molecule has 0 bridgehead atoms. The lowest BCUT2D eigenvalue weighted by molar-refractivity contribution is -0.131. The van der Waals surface area contributed by atoms with Gasteiger partial charge in [0.05, 0.1) is 18.5 Å². The monoisotopic (exact) mass is 490 g/mol. The summed E-state index contributed by atoms with van der Waals surface area (Å²) < 4.78 is 0. The Labute approximate surface area is 212 Å². The summed E-state index contributed by atoms with van der Waals surface area (Å²) in [4.78, 5) is 40.7. The van der Waals surface area contributed by atoms with E-state index < -0.39 is 23.8 Å². The van der Waals surface area contributed by atoms with Crippen molar-refractivity contribution in [2.75, 3.05) is 31.2 Å². The lowest BCUT2D eigenvalue weighted by Gasteiger charge is -2.24. The van der Waals surface area contributed by atoms with Gasteiger partial charge in [-0.1, -0.05) is 45.0 Å². The van der Waals surface area contributed by atoms with E-state index in [9.17, 15) is 19.6 Å². The number of nitrogens with one attached hydrogen (secondary N) is 2. The van der Waals surface area contributed by atoms with E-state index in [0.29, 0.717) is 22.5 Å². The minimum absolute atomic E-state index is 0.110. The summed E-state index contributed by atoms with van der Waals surface area (Å²) in [6.45, 7) is 6.37. The van der Waals surface area contributed by atoms with Gasteiger partial charge in [0, 0.05) is 42.3 Å². The topological polar surface area (TPSA) is 143 Å². The van der Waals surface area contributed by atoms with E-state index in [0.717, 1.165) is 12.1 Å². The predicted molar refractivity (Wildman–Crippen MR) is 141 cm³/mol. The molecule has 190 valence electrons. The van der Waals surface area contributed by atoms with Crippen LogP contribution in [0.3, 0.4) is 0 Å². The first-order valence-electron chi connectivity index (χ1n) is 11.8. The second-order valence-electron chi connectivity index (χ2n) is 9.36. The molecule has 0 spiro atoms. The van der Waals surface area contributed by atoms with Crippen LogP contribution in [0.25, 0.3) is 0 Å². The van der Waals surface area contributed by atoms with E-state index in [1.165, 1.54) is 29.0 Å². The standard InChI is InChI=1S/C23H24N6O3.C4H10/c1-28(23(32)15-7-8-16(11-24)20(26)10-15)14-21(30)29-13-17(9-19(29)12-25)22(31)27-18-5-3-2-4-6-18;1-4(2)3/h2-8,10-11,17,19,24H,9,13-14,26H2,1H3,(H,27,31);4H,1-3H3. The first-order valence-corrected chi connectivity index (χ1v) is 11.8. The summed E-state index contributed by atoms with van der Waals surface area (Å²) in [5.41, 5.74) is 7.56. The van der Waals surface area contributed by atoms with E-state index >= 15 is 0 Å². The van der Waals surface area contributed by atoms with Crippen molar-refractivity contribution >= 4 is 35.3 Å². The van der Waals surface area contributed by atoms with Crippen molar-refractivity contribution in [2.24, 2.45) is 11.8 Å². The van der Waals surface area contributed by atoms with Gasteiger partial charge in [-0.05, 0) is 36.6 Å². The Morgan fingerprint density at radius 3 is 2.42 bits per heavy atom. The molecular weight excluding hydrogens is 456 g/mol. The molecule has 3 rings (SSSR count). The van der Waals surface area contributed by atoms with Gasteiger partial charge in [0.25, 0.3) is 5.91 Å². The smallest absolute Gasteiger partial charge is 0.254 e. The number of benzene rings is 2. The number of nitrogen functional groups attached to an aromatic ring is 1. The largest absolute Gasteiger partial charge is 0.398 e. The molecule has 1 heterocycles. The lowest BCUT2D eigenvalue weighted by atomic mass is 10.1. The number of nitrogens with zero attached hydrogens (tertiary/aromatic N) is 3. The van der Waals surface area contributed by atoms with Gasteiger partial charge in [0.15, 0.2) is 0 Å². The molecule has 1 aliphatic rings. The van der Waals surface area contributed by atoms with Crippen LogP contribution in [0.15, 0.2) is 48.5 Å². The average Bonchev–Trinajstić information content (AvgIpc) is 3.29. The molecule has 2 unspecified atom stereocenters. The Hall–Kier alpha value is -4.19. The van der Waals surface area contributed by atoms with E-state index in [1.54, 1.807) is 30.3 Å². The number of likely N-dealkylation sites (N-methyl/N-ethyl adjacent to an activating group) is 1. The Morgan fingerprint density at radius 2 is 1.86 bits per heavy atom. The van der Waals surface area contributed by atoms with Crippen molar-refractivity contribution in [2.45, 2.75) is 33.2 Å². The van der Waals surface area contributed by atoms with Crippen molar-refractivity contribution < 1.29 is 14.4 Å². The molecule has 2 atom stereocenters. The molecule has 3 amide bonds. The summed E-state index contributed by atoms with van der Waals surface area (Å²) in [5.74, 6) is -0.754. The highest BCUT2D eigenvalue weighted by molar-refractivity contribution is 5.99. The van der Waals surface area contributed by atoms with Crippen molar-refractivity contribution in [3.63, 3.8) is 0 Å². The normalized spacial score (nSPS) is 16.4. The summed E-state index contributed by atoms with van der Waals surface area (Å²) >= 11 is 0. The molecule has 9 heteroatoms. The van der Waals surface area contributed by atoms with Crippen molar-refractivity contribution in [1.29, 1.82) is 10.7 Å². The minimum Gasteiger partial charge on any atom is -0.398 e. The zero-order chi connectivity index (χ0) is 26.8. The molecule has 0 radical (unpaired) electrons. The maximum Gasteiger partial charge on any atom is 0.254 e. The van der Waals surface area contributed by atoms with Crippen LogP contribution in [-0.4, -0.2) is 59.9 Å². The minimum atomic E-state index is -0.736. The number of carbonyl (C=O) groups is 3. The number of hydrogen-bond donors (Lipinski definition) is 3. The summed E-state index contributed by atoms with van der Waals surface area (Å²) in [6.07, 6.45) is 1.33. The average molecular weight is 491 g/mol. The van der Waals surface area contributed by atoms with E-state index in [-0.39, 0.29) is 25.4 Å². The fraction of sp³-hybridized carbons (Fsp3) is 0.370. The second kappa shape index (κ2) is 13.0. The molecule has 1 aliphatic heterocycles. The first-order chi connectivity index (χ1) is 17.1. The van der Waals surface area contributed by atoms with Crippen LogP contribution >= 0.6 is 0 Å². The number of carbonyl (C=O) groups excluding carboxylic acids is 3. The SMILES string of the molecule is CC(C)C.CN(CC(=O)N1CC(C(=O)Nc2ccccc2)CC1C#N)C(=O)c1ccc(C=N)c(N)c1. The number of nitriles is 1. The van der Waals surface area contributed by atoms with Crippen LogP contribution < -0.4 is 11.1 Å². The third-order valence-electron chi connectivity index (χ3n) is 5.39. The lowest BCUT2D eigenvalue weighted by Crippen LogP contribution is -2.43. The van der Waals surface area contributed by atoms with Crippen LogP contribution in [-0.2, 0) is 9.59 Å². The maximum atomic E-state index is 12.8. The number of rotatable bonds is 6. The number of hydrogen-bond acceptors (Lipinski definition) is 6. The molecule has 2 aromatic carbocycles. The second-order valence-corrected chi connectivity index (χ2v) is 9.36. The van der Waals surface area contributed by atoms with Crippen LogP contribution in [0.2, 0.25) is 0 Å². The highest BCUT2D eigenvalue weighted by Gasteiger charge is 2.39. The summed E-state index contributed by atoms with van der Waals surface area (Å²) in [7, 11) is 1.48. The summed E-state index contributed by atoms with van der Waals surface area (Å²) in [6, 6.07) is 14.9. The van der Waals surface area contributed by atoms with Crippen LogP contribution in [0.4, 0.5) is 11.4 Å². The van der Waals surface area contributed by atoms with Crippen LogP contribution in [0, 0.1) is 28.6 Å². The molecule has 4 N–H and O–H groups in total. The number of amides is 3. The van der Waals surface area contributed by atoms with Crippen LogP contribution in [0.5, 0.6) is 0 Å². The Balaban J connectivity index is 0.00000106. The van der Waals surface area contributed by atoms with Crippen molar-refractivity contribution in [3.05, 3.63) is 59.7 Å². The molecule has 9 nitrogen and oxygen atoms in total. The number of para-hydroxylation sites is 1. The van der Waals surface area contributed by atoms with E-state index in [1.807, 2.05) is 6.07 Å². The summed E-state index contributed by atoms with van der Waals surface area (Å²) in [5, 5.41) is 19.6. The molecule has 2 aromatic rings.